The Labute approximate surface area is 117 Å². The number of allylic oxidation sites excluding steroid dienone is 1. The molecule has 0 aliphatic heterocycles. The molecule has 1 aromatic heterocycles. The lowest BCUT2D eigenvalue weighted by Gasteiger charge is -1.97. The van der Waals surface area contributed by atoms with Gasteiger partial charge >= 0.3 is 0 Å². The summed E-state index contributed by atoms with van der Waals surface area (Å²) in [6, 6.07) is 17.5. The van der Waals surface area contributed by atoms with E-state index in [1.54, 1.807) is 6.08 Å². The van der Waals surface area contributed by atoms with Crippen LogP contribution in [0.15, 0.2) is 60.7 Å². The maximum Gasteiger partial charge on any atom is 0.221 e. The van der Waals surface area contributed by atoms with Gasteiger partial charge in [0.1, 0.15) is 0 Å². The third-order valence-electron chi connectivity index (χ3n) is 3.23. The number of fused-ring (bicyclic) bond motifs is 1. The molecule has 0 fully saturated rings. The molecule has 0 spiro atoms. The van der Waals surface area contributed by atoms with Crippen molar-refractivity contribution in [3.8, 4) is 0 Å². The van der Waals surface area contributed by atoms with Crippen LogP contribution in [-0.4, -0.2) is 15.3 Å². The van der Waals surface area contributed by atoms with Crippen molar-refractivity contribution in [3.63, 3.8) is 0 Å². The van der Waals surface area contributed by atoms with Gasteiger partial charge in [-0.25, -0.2) is 4.98 Å². The van der Waals surface area contributed by atoms with Crippen LogP contribution < -0.4 is 0 Å². The van der Waals surface area contributed by atoms with E-state index in [4.69, 9.17) is 0 Å². The van der Waals surface area contributed by atoms with E-state index in [-0.39, 0.29) is 5.78 Å². The molecule has 0 radical (unpaired) electrons. The first-order valence-electron chi connectivity index (χ1n) is 6.44. The second kappa shape index (κ2) is 5.13. The van der Waals surface area contributed by atoms with Crippen molar-refractivity contribution in [3.05, 3.63) is 72.1 Å². The van der Waals surface area contributed by atoms with Gasteiger partial charge < -0.3 is 4.57 Å². The number of hydrogen-bond acceptors (Lipinski definition) is 2. The molecule has 0 atom stereocenters. The molecule has 0 N–H and O–H groups in total. The first-order chi connectivity index (χ1) is 9.75. The third kappa shape index (κ3) is 2.26. The summed E-state index contributed by atoms with van der Waals surface area (Å²) < 4.78 is 1.83. The second-order valence-electron chi connectivity index (χ2n) is 4.59. The molecule has 0 aliphatic carbocycles. The highest BCUT2D eigenvalue weighted by Crippen LogP contribution is 2.15. The van der Waals surface area contributed by atoms with Gasteiger partial charge in [0.2, 0.25) is 5.78 Å². The van der Waals surface area contributed by atoms with Crippen molar-refractivity contribution >= 4 is 22.9 Å². The highest BCUT2D eigenvalue weighted by Gasteiger charge is 2.12. The number of rotatable bonds is 3. The van der Waals surface area contributed by atoms with Gasteiger partial charge in [0.15, 0.2) is 5.82 Å². The molecule has 2 aromatic carbocycles. The molecule has 3 aromatic rings. The number of imidazole rings is 1. The van der Waals surface area contributed by atoms with Crippen LogP contribution in [0, 0.1) is 0 Å². The number of ketones is 1. The summed E-state index contributed by atoms with van der Waals surface area (Å²) >= 11 is 0. The van der Waals surface area contributed by atoms with Crippen LogP contribution >= 0.6 is 0 Å². The lowest BCUT2D eigenvalue weighted by Crippen LogP contribution is -2.04. The van der Waals surface area contributed by atoms with E-state index in [9.17, 15) is 4.79 Å². The lowest BCUT2D eigenvalue weighted by molar-refractivity contribution is 0.103. The second-order valence-corrected chi connectivity index (χ2v) is 4.59. The highest BCUT2D eigenvalue weighted by atomic mass is 16.1. The van der Waals surface area contributed by atoms with Gasteiger partial charge in [-0.05, 0) is 23.8 Å². The van der Waals surface area contributed by atoms with Crippen molar-refractivity contribution in [2.24, 2.45) is 7.05 Å². The van der Waals surface area contributed by atoms with Crippen LogP contribution in [0.3, 0.4) is 0 Å². The van der Waals surface area contributed by atoms with E-state index in [1.807, 2.05) is 72.3 Å². The Bertz CT molecular complexity index is 785. The van der Waals surface area contributed by atoms with E-state index >= 15 is 0 Å². The quantitative estimate of drug-likeness (QED) is 0.535. The number of hydrogen-bond donors (Lipinski definition) is 0. The van der Waals surface area contributed by atoms with Gasteiger partial charge in [0, 0.05) is 7.05 Å². The van der Waals surface area contributed by atoms with Gasteiger partial charge in [-0.1, -0.05) is 48.5 Å². The number of carbonyl (C=O) groups is 1. The predicted molar refractivity (Wildman–Crippen MR) is 80.5 cm³/mol. The fourth-order valence-corrected chi connectivity index (χ4v) is 2.18. The Hall–Kier alpha value is -2.68. The lowest BCUT2D eigenvalue weighted by atomic mass is 10.2. The SMILES string of the molecule is Cn1c(C(=O)/C=C/c2ccccc2)nc2ccccc21. The van der Waals surface area contributed by atoms with Gasteiger partial charge in [-0.3, -0.25) is 4.79 Å². The molecule has 0 amide bonds. The van der Waals surface area contributed by atoms with Crippen LogP contribution in [0.2, 0.25) is 0 Å². The molecule has 0 aliphatic rings. The van der Waals surface area contributed by atoms with E-state index in [2.05, 4.69) is 4.98 Å². The largest absolute Gasteiger partial charge is 0.324 e. The average molecular weight is 262 g/mol. The summed E-state index contributed by atoms with van der Waals surface area (Å²) in [5.41, 5.74) is 2.80. The summed E-state index contributed by atoms with van der Waals surface area (Å²) in [6.45, 7) is 0. The molecule has 20 heavy (non-hydrogen) atoms. The van der Waals surface area contributed by atoms with Gasteiger partial charge in [0.05, 0.1) is 11.0 Å². The van der Waals surface area contributed by atoms with Crippen molar-refractivity contribution in [1.82, 2.24) is 9.55 Å². The van der Waals surface area contributed by atoms with Crippen molar-refractivity contribution in [1.29, 1.82) is 0 Å². The number of para-hydroxylation sites is 2. The van der Waals surface area contributed by atoms with E-state index in [0.29, 0.717) is 5.82 Å². The molecule has 0 unspecified atom stereocenters. The van der Waals surface area contributed by atoms with Gasteiger partial charge in [-0.15, -0.1) is 0 Å². The Morgan fingerprint density at radius 3 is 2.50 bits per heavy atom. The zero-order valence-corrected chi connectivity index (χ0v) is 11.2. The van der Waals surface area contributed by atoms with Crippen molar-refractivity contribution in [2.45, 2.75) is 0 Å². The van der Waals surface area contributed by atoms with E-state index in [1.165, 1.54) is 0 Å². The first kappa shape index (κ1) is 12.4. The number of carbonyl (C=O) groups excluding carboxylic acids is 1. The van der Waals surface area contributed by atoms with Crippen molar-refractivity contribution < 1.29 is 4.79 Å². The Kier molecular flexibility index (Phi) is 3.17. The topological polar surface area (TPSA) is 34.9 Å². The molecule has 98 valence electrons. The Morgan fingerprint density at radius 2 is 1.75 bits per heavy atom. The number of nitrogens with zero attached hydrogens (tertiary/aromatic N) is 2. The van der Waals surface area contributed by atoms with Gasteiger partial charge in [-0.2, -0.15) is 0 Å². The van der Waals surface area contributed by atoms with Crippen LogP contribution in [0.4, 0.5) is 0 Å². The maximum absolute atomic E-state index is 12.2. The minimum Gasteiger partial charge on any atom is -0.324 e. The number of aryl methyl sites for hydroxylation is 1. The molecule has 0 saturated carbocycles. The molecule has 3 rings (SSSR count). The third-order valence-corrected chi connectivity index (χ3v) is 3.23. The molecule has 0 bridgehead atoms. The maximum atomic E-state index is 12.2. The zero-order chi connectivity index (χ0) is 13.9. The fraction of sp³-hybridized carbons (Fsp3) is 0.0588. The fourth-order valence-electron chi connectivity index (χ4n) is 2.18. The number of benzene rings is 2. The molecular formula is C17H14N2O. The molecule has 0 saturated heterocycles. The van der Waals surface area contributed by atoms with Crippen LogP contribution in [0.25, 0.3) is 17.1 Å². The monoisotopic (exact) mass is 262 g/mol. The van der Waals surface area contributed by atoms with Crippen LogP contribution in [-0.2, 0) is 7.05 Å². The summed E-state index contributed by atoms with van der Waals surface area (Å²) in [6.07, 6.45) is 3.37. The molecule has 3 heteroatoms. The summed E-state index contributed by atoms with van der Waals surface area (Å²) in [7, 11) is 1.86. The summed E-state index contributed by atoms with van der Waals surface area (Å²) in [5.74, 6) is 0.367. The highest BCUT2D eigenvalue weighted by molar-refractivity contribution is 6.06. The van der Waals surface area contributed by atoms with Crippen molar-refractivity contribution in [2.75, 3.05) is 0 Å². The minimum absolute atomic E-state index is 0.0902. The molecule has 1 heterocycles. The Balaban J connectivity index is 1.93. The predicted octanol–water partition coefficient (Wildman–Crippen LogP) is 3.47. The van der Waals surface area contributed by atoms with E-state index in [0.717, 1.165) is 16.6 Å². The summed E-state index contributed by atoms with van der Waals surface area (Å²) in [4.78, 5) is 16.6. The van der Waals surface area contributed by atoms with Crippen LogP contribution in [0.1, 0.15) is 16.2 Å². The van der Waals surface area contributed by atoms with Crippen LogP contribution in [0.5, 0.6) is 0 Å². The zero-order valence-electron chi connectivity index (χ0n) is 11.2. The van der Waals surface area contributed by atoms with Gasteiger partial charge in [0.25, 0.3) is 0 Å². The normalized spacial score (nSPS) is 11.2. The van der Waals surface area contributed by atoms with E-state index < -0.39 is 0 Å². The first-order valence-corrected chi connectivity index (χ1v) is 6.44. The Morgan fingerprint density at radius 1 is 1.05 bits per heavy atom. The minimum atomic E-state index is -0.0902. The number of aromatic nitrogens is 2. The molecule has 3 nitrogen and oxygen atoms in total. The summed E-state index contributed by atoms with van der Waals surface area (Å²) in [5, 5.41) is 0. The smallest absolute Gasteiger partial charge is 0.221 e. The average Bonchev–Trinajstić information content (AvgIpc) is 2.84. The standard InChI is InChI=1S/C17H14N2O/c1-19-15-10-6-5-9-14(15)18-17(19)16(20)12-11-13-7-3-2-4-8-13/h2-12H,1H3/b12-11+. The molecular weight excluding hydrogens is 248 g/mol.